The molecule has 20 heavy (non-hydrogen) atoms. The minimum atomic E-state index is -0.244. The molecule has 0 radical (unpaired) electrons. The van der Waals surface area contributed by atoms with Crippen molar-refractivity contribution in [3.8, 4) is 0 Å². The molecule has 0 amide bonds. The second kappa shape index (κ2) is 6.81. The molecule has 1 nitrogen and oxygen atoms in total. The average Bonchev–Trinajstić information content (AvgIpc) is 2.92. The lowest BCUT2D eigenvalue weighted by Crippen LogP contribution is -2.27. The van der Waals surface area contributed by atoms with Gasteiger partial charge in [0.1, 0.15) is 0 Å². The molecule has 3 heteroatoms. The van der Waals surface area contributed by atoms with Crippen LogP contribution in [0.2, 0.25) is 0 Å². The van der Waals surface area contributed by atoms with Crippen molar-refractivity contribution >= 4 is 27.9 Å². The molecule has 2 aromatic carbocycles. The Morgan fingerprint density at radius 3 is 1.95 bits per heavy atom. The van der Waals surface area contributed by atoms with Crippen molar-refractivity contribution in [1.29, 1.82) is 0 Å². The van der Waals surface area contributed by atoms with Gasteiger partial charge in [0, 0.05) is 12.6 Å². The monoisotopic (exact) mass is 301 g/mol. The summed E-state index contributed by atoms with van der Waals surface area (Å²) in [6.45, 7) is 1.22. The van der Waals surface area contributed by atoms with Crippen LogP contribution in [0.1, 0.15) is 12.8 Å². The summed E-state index contributed by atoms with van der Waals surface area (Å²) in [6, 6.07) is 22.8. The van der Waals surface area contributed by atoms with E-state index < -0.39 is 0 Å². The fourth-order valence-electron chi connectivity index (χ4n) is 2.84. The first-order valence-electron chi connectivity index (χ1n) is 7.23. The molecule has 0 saturated carbocycles. The van der Waals surface area contributed by atoms with Crippen LogP contribution in [-0.2, 0) is 0 Å². The predicted octanol–water partition coefficient (Wildman–Crippen LogP) is 3.37. The molecule has 1 aliphatic rings. The lowest BCUT2D eigenvalue weighted by Gasteiger charge is -2.26. The highest BCUT2D eigenvalue weighted by atomic mass is 31.1. The molecule has 1 aliphatic heterocycles. The highest BCUT2D eigenvalue weighted by molar-refractivity contribution is 7.73. The standard InChI is InChI=1S/C17H21NP2/c19-18-13-7-8-15(18)14-20(16-9-3-1-4-10-16)17-11-5-2-6-12-17/h1-6,9-12,15H,7-8,13-14,19H2. The number of hydrogen-bond acceptors (Lipinski definition) is 1. The van der Waals surface area contributed by atoms with Gasteiger partial charge in [-0.1, -0.05) is 70.1 Å². The zero-order chi connectivity index (χ0) is 13.8. The van der Waals surface area contributed by atoms with Crippen LogP contribution in [0.25, 0.3) is 0 Å². The van der Waals surface area contributed by atoms with Crippen molar-refractivity contribution in [2.75, 3.05) is 12.7 Å². The molecule has 1 saturated heterocycles. The lowest BCUT2D eigenvalue weighted by atomic mass is 10.3. The van der Waals surface area contributed by atoms with Gasteiger partial charge in [-0.05, 0) is 37.5 Å². The van der Waals surface area contributed by atoms with Gasteiger partial charge >= 0.3 is 0 Å². The largest absolute Gasteiger partial charge is 0.284 e. The highest BCUT2D eigenvalue weighted by Gasteiger charge is 2.25. The summed E-state index contributed by atoms with van der Waals surface area (Å²) >= 11 is 0. The SMILES string of the molecule is PN1CCCC1CP(c1ccccc1)c1ccccc1. The molecule has 0 aromatic heterocycles. The molecule has 1 fully saturated rings. The van der Waals surface area contributed by atoms with Gasteiger partial charge in [-0.3, -0.25) is 4.67 Å². The average molecular weight is 301 g/mol. The third-order valence-electron chi connectivity index (χ3n) is 3.95. The van der Waals surface area contributed by atoms with Crippen molar-refractivity contribution in [2.45, 2.75) is 18.9 Å². The van der Waals surface area contributed by atoms with E-state index in [1.165, 1.54) is 36.2 Å². The van der Waals surface area contributed by atoms with E-state index in [1.807, 2.05) is 0 Å². The predicted molar refractivity (Wildman–Crippen MR) is 93.4 cm³/mol. The number of rotatable bonds is 4. The van der Waals surface area contributed by atoms with Gasteiger partial charge in [0.25, 0.3) is 0 Å². The maximum Gasteiger partial charge on any atom is 0.0175 e. The van der Waals surface area contributed by atoms with E-state index in [2.05, 4.69) is 74.7 Å². The van der Waals surface area contributed by atoms with E-state index in [1.54, 1.807) is 0 Å². The van der Waals surface area contributed by atoms with E-state index >= 15 is 0 Å². The Morgan fingerprint density at radius 1 is 0.950 bits per heavy atom. The van der Waals surface area contributed by atoms with Crippen LogP contribution in [-0.4, -0.2) is 23.4 Å². The number of hydrogen-bond donors (Lipinski definition) is 0. The van der Waals surface area contributed by atoms with Crippen LogP contribution in [0.4, 0.5) is 0 Å². The van der Waals surface area contributed by atoms with Gasteiger partial charge < -0.3 is 0 Å². The zero-order valence-corrected chi connectivity index (χ0v) is 13.7. The van der Waals surface area contributed by atoms with Gasteiger partial charge in [-0.25, -0.2) is 0 Å². The first-order chi connectivity index (χ1) is 9.84. The van der Waals surface area contributed by atoms with E-state index in [-0.39, 0.29) is 7.92 Å². The van der Waals surface area contributed by atoms with Crippen LogP contribution < -0.4 is 10.6 Å². The lowest BCUT2D eigenvalue weighted by molar-refractivity contribution is 0.471. The minimum Gasteiger partial charge on any atom is -0.284 e. The topological polar surface area (TPSA) is 3.24 Å². The van der Waals surface area contributed by atoms with E-state index in [9.17, 15) is 0 Å². The molecule has 1 heterocycles. The summed E-state index contributed by atoms with van der Waals surface area (Å²) < 4.78 is 2.46. The molecule has 0 spiro atoms. The van der Waals surface area contributed by atoms with E-state index in [0.717, 1.165) is 0 Å². The van der Waals surface area contributed by atoms with Crippen LogP contribution in [0.5, 0.6) is 0 Å². The summed E-state index contributed by atoms with van der Waals surface area (Å²) in [5, 5.41) is 3.00. The zero-order valence-electron chi connectivity index (χ0n) is 11.7. The number of nitrogens with zero attached hydrogens (tertiary/aromatic N) is 1. The molecule has 2 atom stereocenters. The van der Waals surface area contributed by atoms with Gasteiger partial charge in [-0.15, -0.1) is 0 Å². The number of benzene rings is 2. The Bertz CT molecular complexity index is 490. The van der Waals surface area contributed by atoms with Crippen molar-refractivity contribution < 1.29 is 0 Å². The molecule has 2 unspecified atom stereocenters. The Labute approximate surface area is 125 Å². The third-order valence-corrected chi connectivity index (χ3v) is 7.26. The smallest absolute Gasteiger partial charge is 0.0175 e. The van der Waals surface area contributed by atoms with Gasteiger partial charge in [-0.2, -0.15) is 0 Å². The molecule has 0 bridgehead atoms. The maximum atomic E-state index is 2.92. The maximum absolute atomic E-state index is 2.92. The summed E-state index contributed by atoms with van der Waals surface area (Å²) in [5.41, 5.74) is 0. The fraction of sp³-hybridized carbons (Fsp3) is 0.294. The van der Waals surface area contributed by atoms with Crippen molar-refractivity contribution in [3.63, 3.8) is 0 Å². The molecule has 3 rings (SSSR count). The van der Waals surface area contributed by atoms with E-state index in [0.29, 0.717) is 6.04 Å². The molecule has 2 aromatic rings. The highest BCUT2D eigenvalue weighted by Crippen LogP contribution is 2.38. The summed E-state index contributed by atoms with van der Waals surface area (Å²) in [5.74, 6) is 0. The van der Waals surface area contributed by atoms with Crippen LogP contribution in [0.15, 0.2) is 60.7 Å². The summed E-state index contributed by atoms with van der Waals surface area (Å²) in [4.78, 5) is 0. The molecule has 104 valence electrons. The summed E-state index contributed by atoms with van der Waals surface area (Å²) in [7, 11) is 2.68. The minimum absolute atomic E-state index is 0.244. The van der Waals surface area contributed by atoms with Crippen molar-refractivity contribution in [1.82, 2.24) is 4.67 Å². The van der Waals surface area contributed by atoms with Crippen LogP contribution in [0.3, 0.4) is 0 Å². The van der Waals surface area contributed by atoms with Gasteiger partial charge in [0.05, 0.1) is 0 Å². The van der Waals surface area contributed by atoms with Crippen molar-refractivity contribution in [2.24, 2.45) is 0 Å². The summed E-state index contributed by atoms with van der Waals surface area (Å²) in [6.07, 6.45) is 3.94. The van der Waals surface area contributed by atoms with E-state index in [4.69, 9.17) is 0 Å². The van der Waals surface area contributed by atoms with Crippen LogP contribution >= 0.6 is 17.3 Å². The normalized spacial score (nSPS) is 19.6. The quantitative estimate of drug-likeness (QED) is 0.783. The Balaban J connectivity index is 1.88. The molecule has 0 N–H and O–H groups in total. The van der Waals surface area contributed by atoms with Gasteiger partial charge in [0.15, 0.2) is 0 Å². The van der Waals surface area contributed by atoms with Crippen LogP contribution in [0, 0.1) is 0 Å². The van der Waals surface area contributed by atoms with Gasteiger partial charge in [0.2, 0.25) is 0 Å². The first kappa shape index (κ1) is 14.2. The second-order valence-corrected chi connectivity index (χ2v) is 8.23. The third kappa shape index (κ3) is 3.29. The Morgan fingerprint density at radius 2 is 1.50 bits per heavy atom. The second-order valence-electron chi connectivity index (χ2n) is 5.32. The molecular weight excluding hydrogens is 280 g/mol. The fourth-order valence-corrected chi connectivity index (χ4v) is 6.05. The Hall–Kier alpha value is -0.740. The van der Waals surface area contributed by atoms with Crippen molar-refractivity contribution in [3.05, 3.63) is 60.7 Å². The molecule has 0 aliphatic carbocycles. The first-order valence-corrected chi connectivity index (χ1v) is 9.28. The Kier molecular flexibility index (Phi) is 4.84. The molecular formula is C17H21NP2.